The summed E-state index contributed by atoms with van der Waals surface area (Å²) in [5.74, 6) is 0. The summed E-state index contributed by atoms with van der Waals surface area (Å²) >= 11 is 1.89. The Morgan fingerprint density at radius 2 is 0.857 bits per heavy atom. The van der Waals surface area contributed by atoms with Crippen LogP contribution in [0.25, 0.3) is 64.7 Å². The molecule has 268 valence electrons. The Kier molecular flexibility index (Phi) is 7.18. The van der Waals surface area contributed by atoms with Crippen molar-refractivity contribution in [1.29, 1.82) is 0 Å². The van der Waals surface area contributed by atoms with Crippen molar-refractivity contribution in [2.45, 2.75) is 38.5 Å². The largest absolute Gasteiger partial charge is 0.310 e. The first-order valence-electron chi connectivity index (χ1n) is 19.7. The van der Waals surface area contributed by atoms with E-state index < -0.39 is 0 Å². The van der Waals surface area contributed by atoms with Gasteiger partial charge in [-0.2, -0.15) is 0 Å². The van der Waals surface area contributed by atoms with Crippen LogP contribution in [0.4, 0.5) is 17.1 Å². The van der Waals surface area contributed by atoms with Crippen molar-refractivity contribution < 1.29 is 0 Å². The van der Waals surface area contributed by atoms with Gasteiger partial charge in [0.2, 0.25) is 0 Å². The summed E-state index contributed by atoms with van der Waals surface area (Å²) in [5, 5.41) is 2.64. The fourth-order valence-corrected chi connectivity index (χ4v) is 10.9. The summed E-state index contributed by atoms with van der Waals surface area (Å²) in [4.78, 5) is 2.40. The van der Waals surface area contributed by atoms with E-state index in [0.717, 1.165) is 17.1 Å². The molecule has 0 unspecified atom stereocenters. The van der Waals surface area contributed by atoms with Gasteiger partial charge in [0, 0.05) is 48.1 Å². The number of anilines is 3. The number of fused-ring (bicyclic) bond motifs is 9. The molecule has 0 spiro atoms. The van der Waals surface area contributed by atoms with Gasteiger partial charge < -0.3 is 4.90 Å². The molecule has 0 bridgehead atoms. The first-order chi connectivity index (χ1) is 27.3. The summed E-state index contributed by atoms with van der Waals surface area (Å²) in [7, 11) is 0. The molecule has 1 nitrogen and oxygen atoms in total. The van der Waals surface area contributed by atoms with Crippen molar-refractivity contribution >= 4 is 48.6 Å². The van der Waals surface area contributed by atoms with Crippen molar-refractivity contribution in [3.8, 4) is 44.5 Å². The zero-order valence-corrected chi connectivity index (χ0v) is 32.9. The van der Waals surface area contributed by atoms with E-state index in [0.29, 0.717) is 0 Å². The zero-order valence-electron chi connectivity index (χ0n) is 32.1. The highest BCUT2D eigenvalue weighted by atomic mass is 32.1. The maximum Gasteiger partial charge on any atom is 0.0465 e. The lowest BCUT2D eigenvalue weighted by molar-refractivity contribution is 0.660. The van der Waals surface area contributed by atoms with Crippen molar-refractivity contribution in [3.05, 3.63) is 198 Å². The molecule has 0 saturated heterocycles. The molecule has 0 radical (unpaired) electrons. The molecule has 0 atom stereocenters. The van der Waals surface area contributed by atoms with Gasteiger partial charge in [-0.15, -0.1) is 11.3 Å². The lowest BCUT2D eigenvalue weighted by Crippen LogP contribution is -2.16. The second-order valence-electron chi connectivity index (χ2n) is 16.5. The Labute approximate surface area is 333 Å². The van der Waals surface area contributed by atoms with Crippen molar-refractivity contribution in [2.75, 3.05) is 4.90 Å². The minimum absolute atomic E-state index is 0.0701. The molecular weight excluding hydrogens is 695 g/mol. The minimum atomic E-state index is -0.0780. The smallest absolute Gasteiger partial charge is 0.0465 e. The Hall–Kier alpha value is -6.22. The summed E-state index contributed by atoms with van der Waals surface area (Å²) in [6.07, 6.45) is 0. The van der Waals surface area contributed by atoms with Gasteiger partial charge in [0.25, 0.3) is 0 Å². The van der Waals surface area contributed by atoms with Gasteiger partial charge in [-0.05, 0) is 127 Å². The fraction of sp³-hybridized carbons (Fsp3) is 0.111. The van der Waals surface area contributed by atoms with E-state index in [-0.39, 0.29) is 10.8 Å². The number of hydrogen-bond donors (Lipinski definition) is 0. The average Bonchev–Trinajstić information content (AvgIpc) is 3.80. The monoisotopic (exact) mass is 735 g/mol. The predicted molar refractivity (Wildman–Crippen MR) is 240 cm³/mol. The third kappa shape index (κ3) is 4.85. The van der Waals surface area contributed by atoms with Crippen LogP contribution < -0.4 is 4.90 Å². The number of hydrogen-bond acceptors (Lipinski definition) is 2. The van der Waals surface area contributed by atoms with Crippen LogP contribution in [0.3, 0.4) is 0 Å². The maximum absolute atomic E-state index is 2.47. The van der Waals surface area contributed by atoms with E-state index in [1.807, 2.05) is 11.3 Å². The number of nitrogens with zero attached hydrogens (tertiary/aromatic N) is 1. The van der Waals surface area contributed by atoms with Crippen molar-refractivity contribution in [3.63, 3.8) is 0 Å². The number of rotatable bonds is 5. The molecule has 2 aliphatic carbocycles. The molecule has 56 heavy (non-hydrogen) atoms. The lowest BCUT2D eigenvalue weighted by Gasteiger charge is -2.28. The molecule has 0 saturated carbocycles. The molecule has 11 rings (SSSR count). The second-order valence-corrected chi connectivity index (χ2v) is 17.6. The molecule has 9 aromatic rings. The zero-order chi connectivity index (χ0) is 37.8. The fourth-order valence-electron chi connectivity index (χ4n) is 9.77. The molecular formula is C54H41NS. The summed E-state index contributed by atoms with van der Waals surface area (Å²) in [6, 6.07) is 65.7. The highest BCUT2D eigenvalue weighted by molar-refractivity contribution is 7.25. The molecule has 2 aliphatic rings. The third-order valence-electron chi connectivity index (χ3n) is 12.7. The lowest BCUT2D eigenvalue weighted by atomic mass is 9.81. The summed E-state index contributed by atoms with van der Waals surface area (Å²) < 4.78 is 2.64. The van der Waals surface area contributed by atoms with E-state index in [4.69, 9.17) is 0 Å². The van der Waals surface area contributed by atoms with Gasteiger partial charge >= 0.3 is 0 Å². The normalized spacial score (nSPS) is 14.4. The van der Waals surface area contributed by atoms with E-state index in [9.17, 15) is 0 Å². The van der Waals surface area contributed by atoms with Crippen LogP contribution in [0, 0.1) is 0 Å². The van der Waals surface area contributed by atoms with Crippen LogP contribution in [0.1, 0.15) is 49.9 Å². The number of para-hydroxylation sites is 1. The van der Waals surface area contributed by atoms with Gasteiger partial charge in [-0.1, -0.05) is 143 Å². The molecule has 1 heterocycles. The first-order valence-corrected chi connectivity index (χ1v) is 20.5. The summed E-state index contributed by atoms with van der Waals surface area (Å²) in [5.41, 5.74) is 19.2. The molecule has 0 N–H and O–H groups in total. The minimum Gasteiger partial charge on any atom is -0.310 e. The standard InChI is InChI=1S/C54H41NS/c1-53(2)47-19-11-8-16-39(47)41-28-24-35(30-49(41)53)44-32-46-43-18-10-13-21-51(43)56-52(46)33-45(44)34-22-25-37(26-23-34)55(36-14-6-5-7-15-36)38-27-29-42-40-17-9-12-20-48(40)54(3,4)50(42)31-38/h5-33H,1-4H3. The topological polar surface area (TPSA) is 3.24 Å². The predicted octanol–water partition coefficient (Wildman–Crippen LogP) is 15.5. The highest BCUT2D eigenvalue weighted by Crippen LogP contribution is 2.52. The van der Waals surface area contributed by atoms with Gasteiger partial charge in [0.15, 0.2) is 0 Å². The Morgan fingerprint density at radius 1 is 0.339 bits per heavy atom. The van der Waals surface area contributed by atoms with E-state index in [1.165, 1.54) is 86.9 Å². The van der Waals surface area contributed by atoms with Crippen LogP contribution in [-0.4, -0.2) is 0 Å². The third-order valence-corrected chi connectivity index (χ3v) is 13.8. The van der Waals surface area contributed by atoms with Gasteiger partial charge in [-0.25, -0.2) is 0 Å². The van der Waals surface area contributed by atoms with Gasteiger partial charge in [0.05, 0.1) is 0 Å². The molecule has 0 amide bonds. The van der Waals surface area contributed by atoms with Crippen LogP contribution in [-0.2, 0) is 10.8 Å². The second kappa shape index (κ2) is 12.1. The van der Waals surface area contributed by atoms with Crippen LogP contribution >= 0.6 is 11.3 Å². The Bertz CT molecular complexity index is 3020. The highest BCUT2D eigenvalue weighted by Gasteiger charge is 2.37. The average molecular weight is 736 g/mol. The maximum atomic E-state index is 2.47. The van der Waals surface area contributed by atoms with Crippen LogP contribution in [0.2, 0.25) is 0 Å². The molecule has 0 aliphatic heterocycles. The van der Waals surface area contributed by atoms with E-state index in [2.05, 4.69) is 209 Å². The molecule has 8 aromatic carbocycles. The van der Waals surface area contributed by atoms with E-state index >= 15 is 0 Å². The summed E-state index contributed by atoms with van der Waals surface area (Å²) in [6.45, 7) is 9.45. The van der Waals surface area contributed by atoms with Crippen molar-refractivity contribution in [1.82, 2.24) is 0 Å². The Morgan fingerprint density at radius 3 is 1.57 bits per heavy atom. The Balaban J connectivity index is 1.06. The molecule has 0 fully saturated rings. The van der Waals surface area contributed by atoms with Crippen LogP contribution in [0.15, 0.2) is 176 Å². The molecule has 1 aromatic heterocycles. The first kappa shape index (κ1) is 33.1. The number of thiophene rings is 1. The van der Waals surface area contributed by atoms with E-state index in [1.54, 1.807) is 0 Å². The van der Waals surface area contributed by atoms with Crippen LogP contribution in [0.5, 0.6) is 0 Å². The molecule has 2 heteroatoms. The number of benzene rings is 8. The quantitative estimate of drug-likeness (QED) is 0.170. The van der Waals surface area contributed by atoms with Crippen molar-refractivity contribution in [2.24, 2.45) is 0 Å². The van der Waals surface area contributed by atoms with Gasteiger partial charge in [0.1, 0.15) is 0 Å². The van der Waals surface area contributed by atoms with Gasteiger partial charge in [-0.3, -0.25) is 0 Å². The SMILES string of the molecule is CC1(C)c2ccccc2-c2ccc(-c3cc4c(cc3-c3ccc(N(c5ccccc5)c5ccc6c(c5)C(C)(C)c5ccccc5-6)cc3)sc3ccccc34)cc21.